The highest BCUT2D eigenvalue weighted by Crippen LogP contribution is 2.42. The maximum atomic E-state index is 10.4. The van der Waals surface area contributed by atoms with Gasteiger partial charge in [-0.15, -0.1) is 0 Å². The maximum Gasteiger partial charge on any atom is 0.0576 e. The summed E-state index contributed by atoms with van der Waals surface area (Å²) in [4.78, 5) is 0. The highest BCUT2D eigenvalue weighted by atomic mass is 35.5. The first-order chi connectivity index (χ1) is 8.88. The molecule has 0 amide bonds. The second-order valence-corrected chi connectivity index (χ2v) is 7.32. The van der Waals surface area contributed by atoms with Crippen LogP contribution >= 0.6 is 11.6 Å². The third kappa shape index (κ3) is 3.73. The summed E-state index contributed by atoms with van der Waals surface area (Å²) >= 11 is 6.06. The number of aliphatic hydroxyl groups is 1. The minimum Gasteiger partial charge on any atom is -0.393 e. The molecular weight excluding hydrogens is 256 g/mol. The van der Waals surface area contributed by atoms with E-state index in [4.69, 9.17) is 11.6 Å². The Morgan fingerprint density at radius 3 is 2.68 bits per heavy atom. The molecule has 1 aromatic rings. The lowest BCUT2D eigenvalue weighted by atomic mass is 9.65. The van der Waals surface area contributed by atoms with Gasteiger partial charge in [0.2, 0.25) is 0 Å². The van der Waals surface area contributed by atoms with Crippen molar-refractivity contribution in [1.82, 2.24) is 0 Å². The van der Waals surface area contributed by atoms with Gasteiger partial charge in [-0.3, -0.25) is 0 Å². The van der Waals surface area contributed by atoms with Gasteiger partial charge in [0, 0.05) is 5.02 Å². The zero-order chi connectivity index (χ0) is 14.0. The van der Waals surface area contributed by atoms with E-state index in [9.17, 15) is 5.11 Å². The van der Waals surface area contributed by atoms with Gasteiger partial charge in [0.05, 0.1) is 6.10 Å². The van der Waals surface area contributed by atoms with Crippen molar-refractivity contribution in [2.45, 2.75) is 52.6 Å². The van der Waals surface area contributed by atoms with E-state index in [0.29, 0.717) is 11.8 Å². The van der Waals surface area contributed by atoms with Crippen molar-refractivity contribution in [3.05, 3.63) is 34.9 Å². The summed E-state index contributed by atoms with van der Waals surface area (Å²) in [7, 11) is 0. The molecule has 0 aromatic heterocycles. The van der Waals surface area contributed by atoms with E-state index in [2.05, 4.69) is 26.8 Å². The lowest BCUT2D eigenvalue weighted by Gasteiger charge is -2.42. The number of rotatable bonds is 3. The molecule has 0 saturated heterocycles. The molecule has 1 saturated carbocycles. The first-order valence-electron chi connectivity index (χ1n) is 7.31. The molecule has 3 unspecified atom stereocenters. The molecular formula is C17H25ClO. The molecule has 3 atom stereocenters. The van der Waals surface area contributed by atoms with E-state index < -0.39 is 0 Å². The van der Waals surface area contributed by atoms with E-state index >= 15 is 0 Å². The van der Waals surface area contributed by atoms with Crippen LogP contribution in [-0.4, -0.2) is 11.2 Å². The number of benzene rings is 1. The van der Waals surface area contributed by atoms with E-state index in [1.54, 1.807) is 0 Å². The van der Waals surface area contributed by atoms with Crippen LogP contribution < -0.4 is 0 Å². The largest absolute Gasteiger partial charge is 0.393 e. The van der Waals surface area contributed by atoms with Gasteiger partial charge in [0.15, 0.2) is 0 Å². The smallest absolute Gasteiger partial charge is 0.0576 e. The zero-order valence-corrected chi connectivity index (χ0v) is 13.0. The van der Waals surface area contributed by atoms with Gasteiger partial charge in [-0.25, -0.2) is 0 Å². The van der Waals surface area contributed by atoms with E-state index in [1.807, 2.05) is 18.2 Å². The zero-order valence-electron chi connectivity index (χ0n) is 12.2. The summed E-state index contributed by atoms with van der Waals surface area (Å²) in [6, 6.07) is 8.09. The van der Waals surface area contributed by atoms with Gasteiger partial charge in [0.25, 0.3) is 0 Å². The summed E-state index contributed by atoms with van der Waals surface area (Å²) in [6.45, 7) is 6.79. The van der Waals surface area contributed by atoms with Crippen LogP contribution in [0.5, 0.6) is 0 Å². The van der Waals surface area contributed by atoms with E-state index in [0.717, 1.165) is 24.3 Å². The van der Waals surface area contributed by atoms with Crippen molar-refractivity contribution in [3.8, 4) is 0 Å². The molecule has 1 aromatic carbocycles. The van der Waals surface area contributed by atoms with Crippen molar-refractivity contribution >= 4 is 11.6 Å². The molecule has 0 spiro atoms. The van der Waals surface area contributed by atoms with E-state index in [-0.39, 0.29) is 11.5 Å². The predicted octanol–water partition coefficient (Wildman–Crippen LogP) is 4.71. The predicted molar refractivity (Wildman–Crippen MR) is 81.4 cm³/mol. The van der Waals surface area contributed by atoms with Gasteiger partial charge in [-0.1, -0.05) is 50.9 Å². The van der Waals surface area contributed by atoms with Crippen molar-refractivity contribution in [3.63, 3.8) is 0 Å². The lowest BCUT2D eigenvalue weighted by Crippen LogP contribution is -2.39. The summed E-state index contributed by atoms with van der Waals surface area (Å²) in [5, 5.41) is 11.2. The molecule has 1 aliphatic carbocycles. The lowest BCUT2D eigenvalue weighted by molar-refractivity contribution is -0.0125. The first-order valence-corrected chi connectivity index (χ1v) is 7.69. The minimum atomic E-state index is -0.155. The first kappa shape index (κ1) is 14.9. The molecule has 1 N–H and O–H groups in total. The molecule has 1 fully saturated rings. The number of aliphatic hydroxyl groups excluding tert-OH is 1. The Bertz CT molecular complexity index is 427. The molecule has 0 aliphatic heterocycles. The Labute approximate surface area is 122 Å². The van der Waals surface area contributed by atoms with Crippen LogP contribution in [-0.2, 0) is 6.42 Å². The van der Waals surface area contributed by atoms with Crippen molar-refractivity contribution < 1.29 is 5.11 Å². The fourth-order valence-electron chi connectivity index (χ4n) is 3.57. The van der Waals surface area contributed by atoms with Crippen molar-refractivity contribution in [2.75, 3.05) is 0 Å². The molecule has 19 heavy (non-hydrogen) atoms. The van der Waals surface area contributed by atoms with Gasteiger partial charge in [-0.05, 0) is 54.2 Å². The SMILES string of the molecule is CC1CCC(C(C)(C)Cc2cccc(Cl)c2)C(O)C1. The topological polar surface area (TPSA) is 20.2 Å². The van der Waals surface area contributed by atoms with E-state index in [1.165, 1.54) is 12.0 Å². The number of hydrogen-bond donors (Lipinski definition) is 1. The normalized spacial score (nSPS) is 28.4. The highest BCUT2D eigenvalue weighted by molar-refractivity contribution is 6.30. The fourth-order valence-corrected chi connectivity index (χ4v) is 3.78. The van der Waals surface area contributed by atoms with Crippen LogP contribution in [0.25, 0.3) is 0 Å². The van der Waals surface area contributed by atoms with Crippen LogP contribution in [0.15, 0.2) is 24.3 Å². The minimum absolute atomic E-state index is 0.115. The van der Waals surface area contributed by atoms with Crippen LogP contribution in [0.4, 0.5) is 0 Å². The highest BCUT2D eigenvalue weighted by Gasteiger charge is 2.38. The average molecular weight is 281 g/mol. The number of hydrogen-bond acceptors (Lipinski definition) is 1. The standard InChI is InChI=1S/C17H25ClO/c1-12-7-8-15(16(19)9-12)17(2,3)11-13-5-4-6-14(18)10-13/h4-6,10,12,15-16,19H,7-9,11H2,1-3H3. The van der Waals surface area contributed by atoms with Crippen LogP contribution in [0.2, 0.25) is 5.02 Å². The second kappa shape index (κ2) is 5.85. The third-order valence-corrected chi connectivity index (χ3v) is 4.87. The summed E-state index contributed by atoms with van der Waals surface area (Å²) in [5.41, 5.74) is 1.38. The Morgan fingerprint density at radius 1 is 1.32 bits per heavy atom. The fraction of sp³-hybridized carbons (Fsp3) is 0.647. The molecule has 1 aliphatic rings. The summed E-state index contributed by atoms with van der Waals surface area (Å²) in [6.07, 6.45) is 4.14. The Morgan fingerprint density at radius 2 is 2.05 bits per heavy atom. The van der Waals surface area contributed by atoms with Gasteiger partial charge >= 0.3 is 0 Å². The quantitative estimate of drug-likeness (QED) is 0.850. The molecule has 1 nitrogen and oxygen atoms in total. The monoisotopic (exact) mass is 280 g/mol. The second-order valence-electron chi connectivity index (χ2n) is 6.89. The van der Waals surface area contributed by atoms with Crippen molar-refractivity contribution in [2.24, 2.45) is 17.3 Å². The summed E-state index contributed by atoms with van der Waals surface area (Å²) < 4.78 is 0. The van der Waals surface area contributed by atoms with Crippen LogP contribution in [0.3, 0.4) is 0 Å². The third-order valence-electron chi connectivity index (χ3n) is 4.63. The van der Waals surface area contributed by atoms with Crippen LogP contribution in [0.1, 0.15) is 45.6 Å². The molecule has 0 heterocycles. The summed E-state index contributed by atoms with van der Waals surface area (Å²) in [5.74, 6) is 1.05. The molecule has 106 valence electrons. The number of halogens is 1. The Hall–Kier alpha value is -0.530. The van der Waals surface area contributed by atoms with Crippen molar-refractivity contribution in [1.29, 1.82) is 0 Å². The van der Waals surface area contributed by atoms with Gasteiger partial charge < -0.3 is 5.11 Å². The molecule has 0 radical (unpaired) electrons. The Kier molecular flexibility index (Phi) is 4.58. The van der Waals surface area contributed by atoms with Gasteiger partial charge in [-0.2, -0.15) is 0 Å². The molecule has 2 heteroatoms. The maximum absolute atomic E-state index is 10.4. The Balaban J connectivity index is 2.09. The van der Waals surface area contributed by atoms with Crippen LogP contribution in [0, 0.1) is 17.3 Å². The molecule has 2 rings (SSSR count). The average Bonchev–Trinajstić information content (AvgIpc) is 2.27. The molecule has 0 bridgehead atoms. The van der Waals surface area contributed by atoms with Gasteiger partial charge in [0.1, 0.15) is 0 Å².